The summed E-state index contributed by atoms with van der Waals surface area (Å²) in [4.78, 5) is 20.0. The molecule has 0 radical (unpaired) electrons. The number of hydrogen-bond acceptors (Lipinski definition) is 6. The summed E-state index contributed by atoms with van der Waals surface area (Å²) in [7, 11) is 0. The minimum absolute atomic E-state index is 0.587. The number of nitrogens with zero attached hydrogens (tertiary/aromatic N) is 4. The van der Waals surface area contributed by atoms with Crippen LogP contribution in [0.25, 0.3) is 101 Å². The van der Waals surface area contributed by atoms with Crippen molar-refractivity contribution in [1.29, 1.82) is 0 Å². The van der Waals surface area contributed by atoms with Crippen LogP contribution in [-0.2, 0) is 0 Å². The summed E-state index contributed by atoms with van der Waals surface area (Å²) in [6.45, 7) is 0. The Morgan fingerprint density at radius 3 is 1.71 bits per heavy atom. The molecule has 6 heteroatoms. The first-order valence-electron chi connectivity index (χ1n) is 17.1. The highest BCUT2D eigenvalue weighted by Gasteiger charge is 2.17. The molecule has 0 unspecified atom stereocenters. The SMILES string of the molecule is c1ccc(-c2nc3ccc(-c4ccc(-c5nc(-c6ccc7oc8ccccc8c7c6)nc(-c6ccccc6-c6ccccc6)n5)cc4)cc3o2)cc1. The average molecular weight is 669 g/mol. The first kappa shape index (κ1) is 29.7. The van der Waals surface area contributed by atoms with Gasteiger partial charge in [0.1, 0.15) is 16.7 Å². The van der Waals surface area contributed by atoms with Gasteiger partial charge in [-0.1, -0.05) is 121 Å². The zero-order valence-corrected chi connectivity index (χ0v) is 27.8. The van der Waals surface area contributed by atoms with Crippen LogP contribution in [0.2, 0.25) is 0 Å². The highest BCUT2D eigenvalue weighted by molar-refractivity contribution is 6.06. The molecule has 0 aliphatic carbocycles. The predicted molar refractivity (Wildman–Crippen MR) is 207 cm³/mol. The van der Waals surface area contributed by atoms with Crippen LogP contribution in [0.15, 0.2) is 179 Å². The third-order valence-corrected chi connectivity index (χ3v) is 9.41. The van der Waals surface area contributed by atoms with Crippen molar-refractivity contribution in [2.45, 2.75) is 0 Å². The van der Waals surface area contributed by atoms with Crippen molar-refractivity contribution < 1.29 is 8.83 Å². The van der Waals surface area contributed by atoms with Gasteiger partial charge in [-0.25, -0.2) is 19.9 Å². The summed E-state index contributed by atoms with van der Waals surface area (Å²) in [6.07, 6.45) is 0. The van der Waals surface area contributed by atoms with E-state index < -0.39 is 0 Å². The molecule has 0 aliphatic heterocycles. The second-order valence-corrected chi connectivity index (χ2v) is 12.7. The van der Waals surface area contributed by atoms with Crippen molar-refractivity contribution in [3.05, 3.63) is 170 Å². The van der Waals surface area contributed by atoms with Crippen LogP contribution < -0.4 is 0 Å². The highest BCUT2D eigenvalue weighted by Crippen LogP contribution is 2.36. The lowest BCUT2D eigenvalue weighted by atomic mass is 9.99. The summed E-state index contributed by atoms with van der Waals surface area (Å²) < 4.78 is 12.3. The molecule has 6 nitrogen and oxygen atoms in total. The Balaban J connectivity index is 1.08. The van der Waals surface area contributed by atoms with E-state index in [2.05, 4.69) is 66.7 Å². The van der Waals surface area contributed by atoms with E-state index in [9.17, 15) is 0 Å². The van der Waals surface area contributed by atoms with Gasteiger partial charge in [0.15, 0.2) is 23.1 Å². The summed E-state index contributed by atoms with van der Waals surface area (Å²) >= 11 is 0. The second-order valence-electron chi connectivity index (χ2n) is 12.7. The summed E-state index contributed by atoms with van der Waals surface area (Å²) in [5.74, 6) is 2.39. The fourth-order valence-electron chi connectivity index (χ4n) is 6.79. The maximum atomic E-state index is 6.16. The van der Waals surface area contributed by atoms with E-state index in [-0.39, 0.29) is 0 Å². The molecule has 0 spiro atoms. The summed E-state index contributed by atoms with van der Waals surface area (Å²) in [5, 5.41) is 2.07. The normalized spacial score (nSPS) is 11.5. The largest absolute Gasteiger partial charge is 0.456 e. The van der Waals surface area contributed by atoms with Crippen LogP contribution >= 0.6 is 0 Å². The van der Waals surface area contributed by atoms with E-state index in [0.717, 1.165) is 77.5 Å². The summed E-state index contributed by atoms with van der Waals surface area (Å²) in [6, 6.07) is 57.2. The Kier molecular flexibility index (Phi) is 7.03. The number of fused-ring (bicyclic) bond motifs is 4. The molecule has 52 heavy (non-hydrogen) atoms. The Morgan fingerprint density at radius 1 is 0.308 bits per heavy atom. The quantitative estimate of drug-likeness (QED) is 0.175. The predicted octanol–water partition coefficient (Wildman–Crippen LogP) is 11.9. The average Bonchev–Trinajstić information content (AvgIpc) is 3.83. The van der Waals surface area contributed by atoms with E-state index in [1.165, 1.54) is 0 Å². The zero-order chi connectivity index (χ0) is 34.4. The molecule has 0 saturated carbocycles. The van der Waals surface area contributed by atoms with Crippen molar-refractivity contribution >= 4 is 33.0 Å². The van der Waals surface area contributed by atoms with Crippen molar-refractivity contribution in [2.75, 3.05) is 0 Å². The summed E-state index contributed by atoms with van der Waals surface area (Å²) in [5.41, 5.74) is 11.1. The molecule has 10 rings (SSSR count). The van der Waals surface area contributed by atoms with E-state index in [1.807, 2.05) is 103 Å². The van der Waals surface area contributed by atoms with E-state index >= 15 is 0 Å². The van der Waals surface area contributed by atoms with E-state index in [4.69, 9.17) is 28.8 Å². The Hall–Kier alpha value is -7.18. The first-order valence-corrected chi connectivity index (χ1v) is 17.1. The van der Waals surface area contributed by atoms with Crippen LogP contribution in [0.1, 0.15) is 0 Å². The number of aromatic nitrogens is 4. The van der Waals surface area contributed by atoms with Crippen LogP contribution in [0, 0.1) is 0 Å². The Morgan fingerprint density at radius 2 is 0.904 bits per heavy atom. The number of hydrogen-bond donors (Lipinski definition) is 0. The molecular weight excluding hydrogens is 641 g/mol. The third-order valence-electron chi connectivity index (χ3n) is 9.41. The van der Waals surface area contributed by atoms with Gasteiger partial charge in [-0.3, -0.25) is 0 Å². The molecule has 0 N–H and O–H groups in total. The van der Waals surface area contributed by atoms with Gasteiger partial charge in [0.05, 0.1) is 0 Å². The third kappa shape index (κ3) is 5.30. The van der Waals surface area contributed by atoms with Gasteiger partial charge < -0.3 is 8.83 Å². The Bertz CT molecular complexity index is 2900. The highest BCUT2D eigenvalue weighted by atomic mass is 16.3. The van der Waals surface area contributed by atoms with Gasteiger partial charge >= 0.3 is 0 Å². The number of furan rings is 1. The number of rotatable bonds is 6. The van der Waals surface area contributed by atoms with Crippen LogP contribution in [0.5, 0.6) is 0 Å². The van der Waals surface area contributed by atoms with Crippen molar-refractivity contribution in [2.24, 2.45) is 0 Å². The van der Waals surface area contributed by atoms with Crippen molar-refractivity contribution in [1.82, 2.24) is 19.9 Å². The maximum absolute atomic E-state index is 6.16. The lowest BCUT2D eigenvalue weighted by molar-refractivity contribution is 0.620. The van der Waals surface area contributed by atoms with Crippen LogP contribution in [-0.4, -0.2) is 19.9 Å². The van der Waals surface area contributed by atoms with Gasteiger partial charge in [0, 0.05) is 33.0 Å². The smallest absolute Gasteiger partial charge is 0.227 e. The van der Waals surface area contributed by atoms with Crippen molar-refractivity contribution in [3.8, 4) is 67.9 Å². The maximum Gasteiger partial charge on any atom is 0.227 e. The van der Waals surface area contributed by atoms with Gasteiger partial charge in [0.2, 0.25) is 5.89 Å². The monoisotopic (exact) mass is 668 g/mol. The fraction of sp³-hybridized carbons (Fsp3) is 0. The molecule has 0 saturated heterocycles. The van der Waals surface area contributed by atoms with Gasteiger partial charge in [-0.05, 0) is 70.8 Å². The fourth-order valence-corrected chi connectivity index (χ4v) is 6.79. The Labute approximate surface area is 298 Å². The van der Waals surface area contributed by atoms with Crippen LogP contribution in [0.3, 0.4) is 0 Å². The molecule has 0 aliphatic rings. The first-order chi connectivity index (χ1) is 25.7. The van der Waals surface area contributed by atoms with Gasteiger partial charge in [-0.15, -0.1) is 0 Å². The number of benzene rings is 7. The number of oxazole rings is 1. The molecule has 244 valence electrons. The molecule has 10 aromatic rings. The molecule has 0 bridgehead atoms. The minimum atomic E-state index is 0.587. The lowest BCUT2D eigenvalue weighted by Crippen LogP contribution is -2.01. The molecule has 0 atom stereocenters. The van der Waals surface area contributed by atoms with E-state index in [1.54, 1.807) is 0 Å². The molecule has 7 aromatic carbocycles. The van der Waals surface area contributed by atoms with Crippen LogP contribution in [0.4, 0.5) is 0 Å². The molecule has 0 amide bonds. The van der Waals surface area contributed by atoms with Crippen molar-refractivity contribution in [3.63, 3.8) is 0 Å². The topological polar surface area (TPSA) is 77.8 Å². The molecule has 3 aromatic heterocycles. The second kappa shape index (κ2) is 12.3. The standard InChI is InChI=1S/C46H28N4O2/c1-3-11-30(12-4-1)35-15-7-8-17-37(35)45-49-43(48-44(50-45)34-24-26-41-38(27-34)36-16-9-10-18-40(36)51-41)31-21-19-29(20-22-31)33-23-25-39-42(28-33)52-46(47-39)32-13-5-2-6-14-32/h1-28H. The van der Waals surface area contributed by atoms with E-state index in [0.29, 0.717) is 23.4 Å². The molecule has 3 heterocycles. The minimum Gasteiger partial charge on any atom is -0.456 e. The molecular formula is C46H28N4O2. The van der Waals surface area contributed by atoms with Gasteiger partial charge in [0.25, 0.3) is 0 Å². The molecule has 0 fully saturated rings. The zero-order valence-electron chi connectivity index (χ0n) is 27.8. The lowest BCUT2D eigenvalue weighted by Gasteiger charge is -2.12. The van der Waals surface area contributed by atoms with Gasteiger partial charge in [-0.2, -0.15) is 0 Å². The number of para-hydroxylation sites is 1.